The number of benzene rings is 2. The largest absolute Gasteiger partial charge is 0.418 e. The number of piperidine rings is 1. The van der Waals surface area contributed by atoms with E-state index in [0.29, 0.717) is 38.1 Å². The number of hydrogen-bond acceptors (Lipinski definition) is 6. The van der Waals surface area contributed by atoms with Gasteiger partial charge in [0.05, 0.1) is 5.56 Å². The molecule has 0 unspecified atom stereocenters. The van der Waals surface area contributed by atoms with E-state index in [2.05, 4.69) is 15.5 Å². The molecule has 0 atom stereocenters. The summed E-state index contributed by atoms with van der Waals surface area (Å²) in [5, 5.41) is 24.6. The van der Waals surface area contributed by atoms with E-state index in [9.17, 15) is 18.0 Å². The number of nitrogens with one attached hydrogen (secondary N) is 2. The zero-order valence-electron chi connectivity index (χ0n) is 20.3. The van der Waals surface area contributed by atoms with Gasteiger partial charge in [-0.15, -0.1) is 5.23 Å². The highest BCUT2D eigenvalue weighted by Gasteiger charge is 2.36. The van der Waals surface area contributed by atoms with Crippen LogP contribution in [-0.4, -0.2) is 42.0 Å². The molecule has 1 saturated carbocycles. The lowest BCUT2D eigenvalue weighted by Crippen LogP contribution is -2.41. The Morgan fingerprint density at radius 3 is 2.24 bits per heavy atom. The molecule has 0 aromatic heterocycles. The monoisotopic (exact) mass is 540 g/mol. The molecule has 0 spiro atoms. The summed E-state index contributed by atoms with van der Waals surface area (Å²) in [5.41, 5.74) is -0.481. The number of amides is 1. The molecule has 0 radical (unpaired) electrons. The third-order valence-corrected chi connectivity index (χ3v) is 7.61. The van der Waals surface area contributed by atoms with E-state index in [0.717, 1.165) is 48.8 Å². The van der Waals surface area contributed by atoms with Gasteiger partial charge in [-0.1, -0.05) is 11.6 Å². The van der Waals surface area contributed by atoms with Crippen molar-refractivity contribution in [2.45, 2.75) is 50.7 Å². The minimum Gasteiger partial charge on any atom is -0.382 e. The maximum Gasteiger partial charge on any atom is 0.418 e. The Bertz CT molecular complexity index is 1050. The minimum absolute atomic E-state index is 0.0493. The van der Waals surface area contributed by atoms with E-state index in [1.54, 1.807) is 0 Å². The van der Waals surface area contributed by atoms with Crippen molar-refractivity contribution in [2.24, 2.45) is 11.8 Å². The molecule has 2 aromatic carbocycles. The van der Waals surface area contributed by atoms with E-state index in [1.165, 1.54) is 6.07 Å². The summed E-state index contributed by atoms with van der Waals surface area (Å²) in [4.78, 5) is 15.1. The van der Waals surface area contributed by atoms with E-state index >= 15 is 0 Å². The van der Waals surface area contributed by atoms with Crippen LogP contribution in [-0.2, 0) is 11.0 Å². The number of anilines is 3. The summed E-state index contributed by atoms with van der Waals surface area (Å²) < 4.78 is 39.9. The molecule has 7 nitrogen and oxygen atoms in total. The predicted molar refractivity (Wildman–Crippen MR) is 136 cm³/mol. The average Bonchev–Trinajstić information content (AvgIpc) is 2.88. The summed E-state index contributed by atoms with van der Waals surface area (Å²) in [7, 11) is 0. The van der Waals surface area contributed by atoms with Crippen LogP contribution >= 0.6 is 11.6 Å². The summed E-state index contributed by atoms with van der Waals surface area (Å²) in [5.74, 6) is 0.385. The number of halogens is 4. The van der Waals surface area contributed by atoms with Crippen LogP contribution in [0.1, 0.15) is 44.1 Å². The van der Waals surface area contributed by atoms with Crippen molar-refractivity contribution < 1.29 is 28.4 Å². The fourth-order valence-corrected chi connectivity index (χ4v) is 5.33. The normalized spacial score (nSPS) is 21.0. The van der Waals surface area contributed by atoms with Crippen LogP contribution in [0.4, 0.5) is 30.2 Å². The summed E-state index contributed by atoms with van der Waals surface area (Å²) in [6.07, 6.45) is -0.0999. The van der Waals surface area contributed by atoms with Gasteiger partial charge in [-0.05, 0) is 86.9 Å². The highest BCUT2D eigenvalue weighted by molar-refractivity contribution is 6.30. The van der Waals surface area contributed by atoms with Crippen molar-refractivity contribution in [2.75, 3.05) is 35.1 Å². The van der Waals surface area contributed by atoms with Crippen LogP contribution in [0.2, 0.25) is 5.02 Å². The van der Waals surface area contributed by atoms with Gasteiger partial charge in [-0.3, -0.25) is 15.2 Å². The molecule has 2 aromatic rings. The molecule has 2 fully saturated rings. The number of carbonyl (C=O) groups is 1. The molecular formula is C26H32ClF3N4O3. The SMILES string of the molecule is O=C(NCC1CCN(c2ccc(Cl)cc2)CC1)C1CCC(Nc2ccc(N(O)O)c(C(F)(F)F)c2)CC1. The second-order valence-electron chi connectivity index (χ2n) is 9.86. The molecule has 4 N–H and O–H groups in total. The van der Waals surface area contributed by atoms with Crippen molar-refractivity contribution >= 4 is 34.6 Å². The van der Waals surface area contributed by atoms with Crippen LogP contribution in [0.5, 0.6) is 0 Å². The second-order valence-corrected chi connectivity index (χ2v) is 10.3. The maximum atomic E-state index is 13.3. The molecule has 2 aliphatic rings. The second kappa shape index (κ2) is 11.8. The van der Waals surface area contributed by atoms with Crippen LogP contribution in [0, 0.1) is 11.8 Å². The molecule has 4 rings (SSSR count). The fourth-order valence-electron chi connectivity index (χ4n) is 5.20. The zero-order valence-corrected chi connectivity index (χ0v) is 21.1. The minimum atomic E-state index is -4.74. The summed E-state index contributed by atoms with van der Waals surface area (Å²) in [6.45, 7) is 2.53. The number of rotatable bonds is 7. The first-order valence-corrected chi connectivity index (χ1v) is 12.9. The molecule has 11 heteroatoms. The van der Waals surface area contributed by atoms with E-state index in [-0.39, 0.29) is 23.6 Å². The van der Waals surface area contributed by atoms with Crippen molar-refractivity contribution in [1.29, 1.82) is 0 Å². The lowest BCUT2D eigenvalue weighted by Gasteiger charge is -2.34. The molecule has 1 amide bonds. The van der Waals surface area contributed by atoms with Gasteiger partial charge in [0.25, 0.3) is 0 Å². The van der Waals surface area contributed by atoms with Crippen LogP contribution in [0.25, 0.3) is 0 Å². The van der Waals surface area contributed by atoms with Crippen LogP contribution in [0.15, 0.2) is 42.5 Å². The molecule has 1 heterocycles. The topological polar surface area (TPSA) is 88.1 Å². The molecular weight excluding hydrogens is 509 g/mol. The number of nitrogens with zero attached hydrogens (tertiary/aromatic N) is 2. The Kier molecular flexibility index (Phi) is 8.71. The Balaban J connectivity index is 1.20. The molecule has 37 heavy (non-hydrogen) atoms. The van der Waals surface area contributed by atoms with Crippen LogP contribution in [0.3, 0.4) is 0 Å². The van der Waals surface area contributed by atoms with Gasteiger partial charge in [-0.25, -0.2) is 0 Å². The summed E-state index contributed by atoms with van der Waals surface area (Å²) >= 11 is 5.97. The zero-order chi connectivity index (χ0) is 26.6. The van der Waals surface area contributed by atoms with E-state index in [4.69, 9.17) is 22.0 Å². The van der Waals surface area contributed by atoms with E-state index in [1.807, 2.05) is 24.3 Å². The number of carbonyl (C=O) groups excluding carboxylic acids is 1. The third kappa shape index (κ3) is 7.21. The Morgan fingerprint density at radius 1 is 1.00 bits per heavy atom. The van der Waals surface area contributed by atoms with Gasteiger partial charge >= 0.3 is 6.18 Å². The summed E-state index contributed by atoms with van der Waals surface area (Å²) in [6, 6.07) is 11.0. The van der Waals surface area contributed by atoms with Crippen molar-refractivity contribution in [1.82, 2.24) is 5.32 Å². The first-order valence-electron chi connectivity index (χ1n) is 12.5. The number of alkyl halides is 3. The van der Waals surface area contributed by atoms with Gasteiger partial charge < -0.3 is 15.5 Å². The lowest BCUT2D eigenvalue weighted by atomic mass is 9.85. The molecule has 1 aliphatic carbocycles. The highest BCUT2D eigenvalue weighted by Crippen LogP contribution is 2.38. The maximum absolute atomic E-state index is 13.3. The van der Waals surface area contributed by atoms with Crippen LogP contribution < -0.4 is 20.8 Å². The molecule has 0 bridgehead atoms. The van der Waals surface area contributed by atoms with Crippen molar-refractivity contribution in [3.63, 3.8) is 0 Å². The van der Waals surface area contributed by atoms with Crippen molar-refractivity contribution in [3.8, 4) is 0 Å². The average molecular weight is 541 g/mol. The smallest absolute Gasteiger partial charge is 0.382 e. The Hall–Kier alpha value is -2.69. The van der Waals surface area contributed by atoms with Gasteiger partial charge in [0.1, 0.15) is 5.69 Å². The van der Waals surface area contributed by atoms with Gasteiger partial charge in [0.15, 0.2) is 0 Å². The fraction of sp³-hybridized carbons (Fsp3) is 0.500. The first-order chi connectivity index (χ1) is 17.6. The number of hydrogen-bond donors (Lipinski definition) is 4. The lowest BCUT2D eigenvalue weighted by molar-refractivity contribution is -0.138. The van der Waals surface area contributed by atoms with Gasteiger partial charge in [-0.2, -0.15) is 13.2 Å². The van der Waals surface area contributed by atoms with E-state index < -0.39 is 22.7 Å². The van der Waals surface area contributed by atoms with Gasteiger partial charge in [0.2, 0.25) is 5.91 Å². The molecule has 1 saturated heterocycles. The predicted octanol–water partition coefficient (Wildman–Crippen LogP) is 5.95. The highest BCUT2D eigenvalue weighted by atomic mass is 35.5. The Labute approximate surface area is 219 Å². The standard InChI is InChI=1S/C26H32ClF3N4O3/c27-19-3-8-22(9-4-19)33-13-11-17(12-14-33)16-31-25(35)18-1-5-20(6-2-18)32-21-7-10-24(34(36)37)23(15-21)26(28,29)30/h3-4,7-10,15,17-18,20,32,36-37H,1-2,5-6,11-14,16H2,(H,31,35). The van der Waals surface area contributed by atoms with Gasteiger partial charge in [0, 0.05) is 48.0 Å². The molecule has 202 valence electrons. The Morgan fingerprint density at radius 2 is 1.65 bits per heavy atom. The molecule has 1 aliphatic heterocycles. The first kappa shape index (κ1) is 27.3. The van der Waals surface area contributed by atoms with Crippen molar-refractivity contribution in [3.05, 3.63) is 53.1 Å². The third-order valence-electron chi connectivity index (χ3n) is 7.36. The quantitative estimate of drug-likeness (QED) is 0.325.